The number of aryl methyl sites for hydroxylation is 2. The molecule has 2 aliphatic carbocycles. The third-order valence-electron chi connectivity index (χ3n) is 9.11. The van der Waals surface area contributed by atoms with E-state index in [0.29, 0.717) is 30.1 Å². The van der Waals surface area contributed by atoms with Gasteiger partial charge in [-0.2, -0.15) is 0 Å². The summed E-state index contributed by atoms with van der Waals surface area (Å²) in [4.78, 5) is 12.2. The van der Waals surface area contributed by atoms with Gasteiger partial charge in [-0.15, -0.1) is 0 Å². The van der Waals surface area contributed by atoms with Crippen molar-refractivity contribution in [1.29, 1.82) is 0 Å². The highest BCUT2D eigenvalue weighted by molar-refractivity contribution is 5.89. The maximum absolute atomic E-state index is 12.2. The zero-order valence-corrected chi connectivity index (χ0v) is 24.7. The largest absolute Gasteiger partial charge is 0.490 e. The van der Waals surface area contributed by atoms with Gasteiger partial charge in [0.1, 0.15) is 31.3 Å². The van der Waals surface area contributed by atoms with E-state index in [-0.39, 0.29) is 12.6 Å². The number of nitrogens with two attached hydrogens (primary N) is 1. The Bertz CT molecular complexity index is 1580. The van der Waals surface area contributed by atoms with E-state index in [2.05, 4.69) is 69.3 Å². The molecule has 1 fully saturated rings. The fourth-order valence-corrected chi connectivity index (χ4v) is 6.72. The van der Waals surface area contributed by atoms with Crippen molar-refractivity contribution in [2.24, 2.45) is 11.1 Å². The molecule has 1 saturated carbocycles. The Kier molecular flexibility index (Phi) is 7.78. The Morgan fingerprint density at radius 1 is 0.857 bits per heavy atom. The summed E-state index contributed by atoms with van der Waals surface area (Å²) in [6.07, 6.45) is 3.72. The highest BCUT2D eigenvalue weighted by atomic mass is 16.6. The number of fused-ring (bicyclic) bond motifs is 1. The van der Waals surface area contributed by atoms with Crippen molar-refractivity contribution in [3.05, 3.63) is 118 Å². The van der Waals surface area contributed by atoms with E-state index in [4.69, 9.17) is 19.9 Å². The lowest BCUT2D eigenvalue weighted by Crippen LogP contribution is -2.18. The molecule has 1 spiro atoms. The van der Waals surface area contributed by atoms with Gasteiger partial charge in [0.2, 0.25) is 0 Å². The zero-order valence-electron chi connectivity index (χ0n) is 24.7. The van der Waals surface area contributed by atoms with E-state index in [0.717, 1.165) is 35.6 Å². The Morgan fingerprint density at radius 3 is 2.33 bits per heavy atom. The molecule has 0 aromatic heterocycles. The highest BCUT2D eigenvalue weighted by Crippen LogP contribution is 2.62. The molecule has 0 saturated heterocycles. The van der Waals surface area contributed by atoms with Crippen molar-refractivity contribution in [2.75, 3.05) is 19.8 Å². The lowest BCUT2D eigenvalue weighted by molar-refractivity contribution is 0.0450. The smallest absolute Gasteiger partial charge is 0.338 e. The van der Waals surface area contributed by atoms with Gasteiger partial charge in [0.05, 0.1) is 5.56 Å². The summed E-state index contributed by atoms with van der Waals surface area (Å²) in [7, 11) is 0. The Morgan fingerprint density at radius 2 is 1.62 bits per heavy atom. The lowest BCUT2D eigenvalue weighted by atomic mass is 9.90. The van der Waals surface area contributed by atoms with E-state index in [1.54, 1.807) is 12.1 Å². The molecule has 216 valence electrons. The number of hydrogen-bond donors (Lipinski definition) is 1. The maximum Gasteiger partial charge on any atom is 0.338 e. The van der Waals surface area contributed by atoms with Crippen LogP contribution < -0.4 is 15.2 Å². The van der Waals surface area contributed by atoms with Crippen molar-refractivity contribution in [3.63, 3.8) is 0 Å². The molecular formula is C37H39NO4. The minimum absolute atomic E-state index is 0.188. The molecule has 0 aliphatic heterocycles. The van der Waals surface area contributed by atoms with Gasteiger partial charge in [0, 0.05) is 5.92 Å². The summed E-state index contributed by atoms with van der Waals surface area (Å²) in [6, 6.07) is 26.1. The maximum atomic E-state index is 12.2. The standard InChI is InChI=1S/C37H39NO4/c1-24-18-31(40-16-17-41-36(39)27-8-5-4-6-9-27)19-25(2)35(24)32-11-7-10-28(26(32)3)23-42-30-12-13-33-29(20-30)21-37(14-15-37)34(33)22-38/h4-13,18-20,34H,14-17,21-23,38H2,1-3H3. The second-order valence-corrected chi connectivity index (χ2v) is 11.8. The number of esters is 1. The summed E-state index contributed by atoms with van der Waals surface area (Å²) in [6.45, 7) is 8.12. The first-order chi connectivity index (χ1) is 20.4. The van der Waals surface area contributed by atoms with Crippen LogP contribution in [0.2, 0.25) is 0 Å². The van der Waals surface area contributed by atoms with Crippen molar-refractivity contribution < 1.29 is 19.0 Å². The van der Waals surface area contributed by atoms with Gasteiger partial charge in [-0.05, 0) is 133 Å². The molecule has 2 N–H and O–H groups in total. The van der Waals surface area contributed by atoms with Gasteiger partial charge in [-0.25, -0.2) is 4.79 Å². The third kappa shape index (κ3) is 5.54. The summed E-state index contributed by atoms with van der Waals surface area (Å²) in [5, 5.41) is 0. The molecule has 1 unspecified atom stereocenters. The number of benzene rings is 4. The first kappa shape index (κ1) is 28.0. The molecule has 6 rings (SSSR count). The molecule has 5 nitrogen and oxygen atoms in total. The SMILES string of the molecule is Cc1cc(OCCOC(=O)c2ccccc2)cc(C)c1-c1cccc(COc2ccc3c(c2)CC2(CC2)C3CN)c1C. The topological polar surface area (TPSA) is 70.8 Å². The highest BCUT2D eigenvalue weighted by Gasteiger charge is 2.53. The van der Waals surface area contributed by atoms with Crippen LogP contribution in [0.4, 0.5) is 0 Å². The van der Waals surface area contributed by atoms with Crippen molar-refractivity contribution in [2.45, 2.75) is 52.6 Å². The minimum Gasteiger partial charge on any atom is -0.490 e. The minimum atomic E-state index is -0.343. The number of carbonyl (C=O) groups excluding carboxylic acids is 1. The van der Waals surface area contributed by atoms with Crippen LogP contribution >= 0.6 is 0 Å². The van der Waals surface area contributed by atoms with Crippen LogP contribution in [-0.2, 0) is 17.8 Å². The average molecular weight is 562 g/mol. The second-order valence-electron chi connectivity index (χ2n) is 11.8. The van der Waals surface area contributed by atoms with E-state index in [1.165, 1.54) is 46.2 Å². The van der Waals surface area contributed by atoms with Crippen LogP contribution in [0.15, 0.2) is 78.9 Å². The first-order valence-corrected chi connectivity index (χ1v) is 14.9. The second kappa shape index (κ2) is 11.7. The number of carbonyl (C=O) groups is 1. The van der Waals surface area contributed by atoms with Crippen LogP contribution in [-0.4, -0.2) is 25.7 Å². The van der Waals surface area contributed by atoms with E-state index < -0.39 is 0 Å². The Balaban J connectivity index is 1.10. The molecule has 5 heteroatoms. The molecule has 0 amide bonds. The van der Waals surface area contributed by atoms with E-state index in [9.17, 15) is 4.79 Å². The van der Waals surface area contributed by atoms with Crippen LogP contribution in [0.25, 0.3) is 11.1 Å². The fraction of sp³-hybridized carbons (Fsp3) is 0.324. The number of hydrogen-bond acceptors (Lipinski definition) is 5. The van der Waals surface area contributed by atoms with Gasteiger partial charge in [-0.1, -0.05) is 42.5 Å². The number of rotatable bonds is 10. The fourth-order valence-electron chi connectivity index (χ4n) is 6.72. The summed E-state index contributed by atoms with van der Waals surface area (Å²) < 4.78 is 17.6. The predicted octanol–water partition coefficient (Wildman–Crippen LogP) is 7.47. The molecule has 4 aromatic carbocycles. The molecule has 0 heterocycles. The molecule has 0 radical (unpaired) electrons. The monoisotopic (exact) mass is 561 g/mol. The summed E-state index contributed by atoms with van der Waals surface area (Å²) in [5.41, 5.74) is 17.0. The molecular weight excluding hydrogens is 522 g/mol. The summed E-state index contributed by atoms with van der Waals surface area (Å²) in [5.74, 6) is 1.85. The molecule has 42 heavy (non-hydrogen) atoms. The summed E-state index contributed by atoms with van der Waals surface area (Å²) >= 11 is 0. The van der Waals surface area contributed by atoms with Crippen LogP contribution in [0, 0.1) is 26.2 Å². The van der Waals surface area contributed by atoms with Gasteiger partial charge >= 0.3 is 5.97 Å². The average Bonchev–Trinajstić information content (AvgIpc) is 3.68. The Hall–Kier alpha value is -4.09. The first-order valence-electron chi connectivity index (χ1n) is 14.9. The lowest BCUT2D eigenvalue weighted by Gasteiger charge is -2.18. The van der Waals surface area contributed by atoms with Gasteiger partial charge < -0.3 is 19.9 Å². The zero-order chi connectivity index (χ0) is 29.3. The molecule has 0 bridgehead atoms. The molecule has 2 aliphatic rings. The van der Waals surface area contributed by atoms with Gasteiger partial charge in [0.25, 0.3) is 0 Å². The van der Waals surface area contributed by atoms with E-state index in [1.807, 2.05) is 18.2 Å². The van der Waals surface area contributed by atoms with Gasteiger partial charge in [-0.3, -0.25) is 0 Å². The predicted molar refractivity (Wildman–Crippen MR) is 166 cm³/mol. The number of ether oxygens (including phenoxy) is 3. The quantitative estimate of drug-likeness (QED) is 0.161. The van der Waals surface area contributed by atoms with Gasteiger partial charge in [0.15, 0.2) is 0 Å². The van der Waals surface area contributed by atoms with E-state index >= 15 is 0 Å². The van der Waals surface area contributed by atoms with Crippen molar-refractivity contribution >= 4 is 5.97 Å². The van der Waals surface area contributed by atoms with Crippen molar-refractivity contribution in [3.8, 4) is 22.6 Å². The Labute approximate surface area is 248 Å². The normalized spacial score (nSPS) is 16.2. The third-order valence-corrected chi connectivity index (χ3v) is 9.11. The molecule has 1 atom stereocenters. The molecule has 4 aromatic rings. The van der Waals surface area contributed by atoms with Crippen LogP contribution in [0.3, 0.4) is 0 Å². The van der Waals surface area contributed by atoms with Crippen LogP contribution in [0.5, 0.6) is 11.5 Å². The van der Waals surface area contributed by atoms with Crippen LogP contribution in [0.1, 0.15) is 62.5 Å². The van der Waals surface area contributed by atoms with Crippen molar-refractivity contribution in [1.82, 2.24) is 0 Å².